The Kier molecular flexibility index (Phi) is 44.1. The first-order valence-electron chi connectivity index (χ1n) is 33.2. The molecule has 17 unspecified atom stereocenters. The van der Waals surface area contributed by atoms with Crippen molar-refractivity contribution in [1.29, 1.82) is 0 Å². The Morgan fingerprint density at radius 3 is 1.26 bits per heavy atom. The minimum atomic E-state index is -1.98. The van der Waals surface area contributed by atoms with E-state index in [1.54, 1.807) is 6.08 Å². The molecule has 0 bridgehead atoms. The molecule has 0 aromatic heterocycles. The highest BCUT2D eigenvalue weighted by Gasteiger charge is 2.53. The lowest BCUT2D eigenvalue weighted by molar-refractivity contribution is -0.379. The summed E-state index contributed by atoms with van der Waals surface area (Å²) in [5.41, 5.74) is 0. The standard InChI is InChI=1S/C67H117NO18/c1-3-5-7-9-11-13-15-17-19-21-23-24-25-27-28-30-32-34-36-38-40-42-44-51(72)50(68-55(73)45-43-41-39-37-35-33-31-29-26-22-20-18-16-14-12-10-8-6-4-2)49-81-65-61(79)58(76)63(53(47-70)83-65)86-67-62(80)59(77)64(54(48-71)84-67)85-66-60(78)57(75)56(74)52(46-69)82-66/h6,8,12,14,18,20,26,29,33,35,42,44,50-54,56-67,69-72,74-80H,3-5,7,9-11,13,15-17,19,21-25,27-28,30-32,34,36-41,43,45-49H2,1-2H3,(H,68,73)/b8-6-,14-12-,20-18-,29-26-,35-33-,44-42+. The van der Waals surface area contributed by atoms with Gasteiger partial charge in [-0.1, -0.05) is 215 Å². The average molecular weight is 1220 g/mol. The second kappa shape index (κ2) is 49.0. The largest absolute Gasteiger partial charge is 0.394 e. The minimum absolute atomic E-state index is 0.201. The molecule has 0 aliphatic carbocycles. The molecule has 3 saturated heterocycles. The molecule has 3 rings (SSSR count). The first-order chi connectivity index (χ1) is 41.8. The number of hydrogen-bond acceptors (Lipinski definition) is 18. The van der Waals surface area contributed by atoms with Crippen molar-refractivity contribution < 1.29 is 89.4 Å². The summed E-state index contributed by atoms with van der Waals surface area (Å²) in [4.78, 5) is 13.4. The molecule has 0 aromatic carbocycles. The number of unbranched alkanes of at least 4 members (excludes halogenated alkanes) is 23. The fourth-order valence-corrected chi connectivity index (χ4v) is 10.9. The van der Waals surface area contributed by atoms with Gasteiger partial charge in [0, 0.05) is 6.42 Å². The highest BCUT2D eigenvalue weighted by Crippen LogP contribution is 2.33. The fraction of sp³-hybridized carbons (Fsp3) is 0.806. The van der Waals surface area contributed by atoms with Gasteiger partial charge in [0.05, 0.1) is 38.6 Å². The van der Waals surface area contributed by atoms with E-state index in [0.29, 0.717) is 6.42 Å². The Balaban J connectivity index is 1.48. The summed E-state index contributed by atoms with van der Waals surface area (Å²) in [5.74, 6) is -0.308. The van der Waals surface area contributed by atoms with Crippen molar-refractivity contribution in [3.05, 3.63) is 72.9 Å². The monoisotopic (exact) mass is 1220 g/mol. The molecule has 1 amide bonds. The molecule has 19 heteroatoms. The second-order valence-electron chi connectivity index (χ2n) is 23.6. The maximum atomic E-state index is 13.4. The third-order valence-electron chi connectivity index (χ3n) is 16.3. The van der Waals surface area contributed by atoms with Gasteiger partial charge in [0.15, 0.2) is 18.9 Å². The Bertz CT molecular complexity index is 1850. The molecule has 86 heavy (non-hydrogen) atoms. The summed E-state index contributed by atoms with van der Waals surface area (Å²) in [6, 6.07) is -0.995. The van der Waals surface area contributed by atoms with Crippen LogP contribution in [0.1, 0.15) is 213 Å². The van der Waals surface area contributed by atoms with Gasteiger partial charge in [-0.3, -0.25) is 4.79 Å². The molecule has 17 atom stereocenters. The minimum Gasteiger partial charge on any atom is -0.394 e. The molecule has 19 nitrogen and oxygen atoms in total. The van der Waals surface area contributed by atoms with Crippen molar-refractivity contribution in [1.82, 2.24) is 5.32 Å². The topological polar surface area (TPSA) is 307 Å². The van der Waals surface area contributed by atoms with Crippen LogP contribution in [-0.2, 0) is 33.2 Å². The molecule has 0 spiro atoms. The van der Waals surface area contributed by atoms with E-state index in [2.05, 4.69) is 79.9 Å². The molecule has 3 aliphatic heterocycles. The number of hydrogen-bond donors (Lipinski definition) is 12. The van der Waals surface area contributed by atoms with Gasteiger partial charge < -0.3 is 89.9 Å². The first-order valence-corrected chi connectivity index (χ1v) is 33.2. The SMILES string of the molecule is CC/C=C\C/C=C\C/C=C\C/C=C\C/C=C\CCCCCC(=O)NC(COC1OC(CO)C(OC2OC(CO)C(OC3OC(CO)C(O)C(O)C3O)C(O)C2O)C(O)C1O)C(O)/C=C/CCCCCCCCCCCCCCCCCCCCCC. The zero-order valence-corrected chi connectivity index (χ0v) is 52.3. The molecule has 0 saturated carbocycles. The number of aliphatic hydroxyl groups excluding tert-OH is 11. The zero-order chi connectivity index (χ0) is 62.6. The lowest BCUT2D eigenvalue weighted by atomic mass is 9.96. The van der Waals surface area contributed by atoms with E-state index in [9.17, 15) is 61.0 Å². The van der Waals surface area contributed by atoms with E-state index in [4.69, 9.17) is 28.4 Å². The van der Waals surface area contributed by atoms with Crippen LogP contribution in [0.15, 0.2) is 72.9 Å². The van der Waals surface area contributed by atoms with Crippen LogP contribution in [0.5, 0.6) is 0 Å². The fourth-order valence-electron chi connectivity index (χ4n) is 10.9. The van der Waals surface area contributed by atoms with Crippen molar-refractivity contribution >= 4 is 5.91 Å². The number of ether oxygens (including phenoxy) is 6. The van der Waals surface area contributed by atoms with E-state index >= 15 is 0 Å². The first kappa shape index (κ1) is 77.5. The molecule has 3 heterocycles. The number of nitrogens with one attached hydrogen (secondary N) is 1. The number of allylic oxidation sites excluding steroid dienone is 11. The van der Waals surface area contributed by atoms with E-state index < -0.39 is 124 Å². The van der Waals surface area contributed by atoms with Gasteiger partial charge in [-0.15, -0.1) is 0 Å². The third-order valence-corrected chi connectivity index (χ3v) is 16.3. The van der Waals surface area contributed by atoms with Crippen LogP contribution < -0.4 is 5.32 Å². The maximum absolute atomic E-state index is 13.4. The predicted molar refractivity (Wildman–Crippen MR) is 332 cm³/mol. The van der Waals surface area contributed by atoms with Gasteiger partial charge in [-0.25, -0.2) is 0 Å². The summed E-state index contributed by atoms with van der Waals surface area (Å²) >= 11 is 0. The summed E-state index contributed by atoms with van der Waals surface area (Å²) in [5, 5.41) is 120. The van der Waals surface area contributed by atoms with Crippen LogP contribution in [0.25, 0.3) is 0 Å². The van der Waals surface area contributed by atoms with E-state index in [-0.39, 0.29) is 18.9 Å². The summed E-state index contributed by atoms with van der Waals surface area (Å²) in [6.07, 6.45) is 33.0. The zero-order valence-electron chi connectivity index (χ0n) is 52.3. The predicted octanol–water partition coefficient (Wildman–Crippen LogP) is 7.77. The van der Waals surface area contributed by atoms with E-state index in [0.717, 1.165) is 77.0 Å². The lowest BCUT2D eigenvalue weighted by Crippen LogP contribution is -2.66. The van der Waals surface area contributed by atoms with Crippen molar-refractivity contribution in [3.8, 4) is 0 Å². The molecule has 0 aromatic rings. The van der Waals surface area contributed by atoms with Gasteiger partial charge in [0.2, 0.25) is 5.91 Å². The molecule has 3 fully saturated rings. The third kappa shape index (κ3) is 31.3. The van der Waals surface area contributed by atoms with E-state index in [1.807, 2.05) is 6.08 Å². The Labute approximate surface area is 515 Å². The smallest absolute Gasteiger partial charge is 0.220 e. The Hall–Kier alpha value is -2.77. The molecule has 498 valence electrons. The number of aliphatic hydroxyl groups is 11. The normalized spacial score (nSPS) is 29.2. The van der Waals surface area contributed by atoms with Crippen LogP contribution in [0.3, 0.4) is 0 Å². The van der Waals surface area contributed by atoms with Crippen LogP contribution in [0.2, 0.25) is 0 Å². The van der Waals surface area contributed by atoms with Crippen LogP contribution >= 0.6 is 0 Å². The highest BCUT2D eigenvalue weighted by molar-refractivity contribution is 5.76. The van der Waals surface area contributed by atoms with Crippen LogP contribution in [-0.4, -0.2) is 193 Å². The average Bonchev–Trinajstić information content (AvgIpc) is 2.80. The van der Waals surface area contributed by atoms with Gasteiger partial charge in [0.1, 0.15) is 73.2 Å². The van der Waals surface area contributed by atoms with Crippen molar-refractivity contribution in [2.24, 2.45) is 0 Å². The second-order valence-corrected chi connectivity index (χ2v) is 23.6. The summed E-state index contributed by atoms with van der Waals surface area (Å²) in [6.45, 7) is 1.59. The molecule has 0 radical (unpaired) electrons. The van der Waals surface area contributed by atoms with Crippen LogP contribution in [0, 0.1) is 0 Å². The summed E-state index contributed by atoms with van der Waals surface area (Å²) < 4.78 is 34.3. The van der Waals surface area contributed by atoms with Crippen molar-refractivity contribution in [3.63, 3.8) is 0 Å². The van der Waals surface area contributed by atoms with Crippen LogP contribution in [0.4, 0.5) is 0 Å². The Morgan fingerprint density at radius 1 is 0.430 bits per heavy atom. The molecular weight excluding hydrogens is 1110 g/mol. The summed E-state index contributed by atoms with van der Waals surface area (Å²) in [7, 11) is 0. The molecule has 12 N–H and O–H groups in total. The molecular formula is C67H117NO18. The lowest BCUT2D eigenvalue weighted by Gasteiger charge is -2.48. The van der Waals surface area contributed by atoms with Gasteiger partial charge in [-0.2, -0.15) is 0 Å². The van der Waals surface area contributed by atoms with Gasteiger partial charge in [0.25, 0.3) is 0 Å². The quantitative estimate of drug-likeness (QED) is 0.0204. The maximum Gasteiger partial charge on any atom is 0.220 e. The molecule has 3 aliphatic rings. The van der Waals surface area contributed by atoms with Gasteiger partial charge in [-0.05, 0) is 64.2 Å². The number of rotatable bonds is 49. The highest BCUT2D eigenvalue weighted by atomic mass is 16.8. The number of carbonyl (C=O) groups is 1. The van der Waals surface area contributed by atoms with Crippen molar-refractivity contribution in [2.45, 2.75) is 317 Å². The van der Waals surface area contributed by atoms with Gasteiger partial charge >= 0.3 is 0 Å². The van der Waals surface area contributed by atoms with Crippen molar-refractivity contribution in [2.75, 3.05) is 26.4 Å². The number of carbonyl (C=O) groups excluding carboxylic acids is 1. The Morgan fingerprint density at radius 2 is 0.802 bits per heavy atom. The van der Waals surface area contributed by atoms with E-state index in [1.165, 1.54) is 109 Å². The number of amides is 1.